The fourth-order valence-electron chi connectivity index (χ4n) is 9.73. The van der Waals surface area contributed by atoms with Crippen molar-refractivity contribution in [1.29, 1.82) is 0 Å². The Balaban J connectivity index is 1.73. The normalized spacial score (nSPS) is 27.2. The Morgan fingerprint density at radius 3 is 1.41 bits per heavy atom. The summed E-state index contributed by atoms with van der Waals surface area (Å²) in [6.07, 6.45) is -16.6. The van der Waals surface area contributed by atoms with Crippen molar-refractivity contribution in [3.05, 3.63) is 0 Å². The molecule has 32 nitrogen and oxygen atoms in total. The van der Waals surface area contributed by atoms with Gasteiger partial charge in [0.05, 0.1) is 19.3 Å². The summed E-state index contributed by atoms with van der Waals surface area (Å²) >= 11 is 0. The standard InChI is InChI=1S/C54H92N10O22/c1-20(2)33(47(76)57-26(11)52(81)82)61-49(78)35(22(5)6)62-48(77)34(21(3)4)60-45(74)25(10)55-44(73)24(9)56-46(75)30-16-15-17-64(30)51(80)36(23(7)8)63-50(79)37(58-28(13)67)27(12)83-53-38(59-29(14)68)43(40(70)32(19-66)84-53)86-54-42(72)41(71)39(69)31(18-65)85-54/h20-27,30-43,53-54,65-66,69-72H,15-19H2,1-14H3,(H,55,73)(H,56,75)(H,57,76)(H,58,67)(H,59,68)(H,60,74)(H,61,78)(H,62,77)(H,63,79)(H,81,82)/t24-,25-,26-,27+,30-,31+,32+,33-,34-,35-,36-,37-,38+,39-,40-,41-,42+,43+,53-,54-/m0/s1. The number of carboxylic acid groups (broad SMARTS) is 1. The molecule has 0 aliphatic carbocycles. The van der Waals surface area contributed by atoms with E-state index in [4.69, 9.17) is 18.9 Å². The lowest BCUT2D eigenvalue weighted by atomic mass is 9.95. The summed E-state index contributed by atoms with van der Waals surface area (Å²) in [6.45, 7) is 18.8. The quantitative estimate of drug-likeness (QED) is 0.0331. The second kappa shape index (κ2) is 33.2. The Morgan fingerprint density at radius 2 is 0.930 bits per heavy atom. The molecule has 20 atom stereocenters. The van der Waals surface area contributed by atoms with E-state index in [2.05, 4.69) is 47.9 Å². The summed E-state index contributed by atoms with van der Waals surface area (Å²) in [5.74, 6) is -11.3. The van der Waals surface area contributed by atoms with Crippen molar-refractivity contribution < 1.29 is 107 Å². The van der Waals surface area contributed by atoms with Gasteiger partial charge >= 0.3 is 5.97 Å². The molecule has 0 unspecified atom stereocenters. The van der Waals surface area contributed by atoms with Gasteiger partial charge in [0, 0.05) is 20.4 Å². The largest absolute Gasteiger partial charge is 0.480 e. The molecule has 3 heterocycles. The first-order chi connectivity index (χ1) is 40.0. The number of carbonyl (C=O) groups excluding carboxylic acids is 10. The van der Waals surface area contributed by atoms with Gasteiger partial charge in [0.25, 0.3) is 0 Å². The number of hydrogen-bond donors (Lipinski definition) is 16. The molecule has 0 radical (unpaired) electrons. The minimum Gasteiger partial charge on any atom is -0.480 e. The molecule has 0 aromatic rings. The number of aliphatic carboxylic acids is 1. The molecule has 3 aliphatic heterocycles. The number of amides is 10. The van der Waals surface area contributed by atoms with Crippen LogP contribution in [0, 0.1) is 23.7 Å². The van der Waals surface area contributed by atoms with E-state index in [1.165, 1.54) is 32.6 Å². The van der Waals surface area contributed by atoms with Crippen molar-refractivity contribution in [2.24, 2.45) is 23.7 Å². The van der Waals surface area contributed by atoms with Gasteiger partial charge in [-0.15, -0.1) is 0 Å². The maximum Gasteiger partial charge on any atom is 0.325 e. The highest BCUT2D eigenvalue weighted by molar-refractivity contribution is 5.98. The minimum atomic E-state index is -1.96. The van der Waals surface area contributed by atoms with Gasteiger partial charge in [-0.25, -0.2) is 0 Å². The number of hydrogen-bond acceptors (Lipinski definition) is 21. The zero-order valence-electron chi connectivity index (χ0n) is 51.1. The molecular formula is C54H92N10O22. The molecule has 3 fully saturated rings. The van der Waals surface area contributed by atoms with Crippen LogP contribution >= 0.6 is 0 Å². The van der Waals surface area contributed by atoms with E-state index in [1.54, 1.807) is 55.4 Å². The van der Waals surface area contributed by atoms with Crippen LogP contribution in [0.1, 0.15) is 110 Å². The summed E-state index contributed by atoms with van der Waals surface area (Å²) in [7, 11) is 0. The number of carboxylic acids is 1. The van der Waals surface area contributed by atoms with Crippen LogP contribution in [0.4, 0.5) is 0 Å². The maximum atomic E-state index is 14.4. The van der Waals surface area contributed by atoms with Crippen LogP contribution in [0.3, 0.4) is 0 Å². The van der Waals surface area contributed by atoms with E-state index in [1.807, 2.05) is 0 Å². The number of nitrogens with zero attached hydrogens (tertiary/aromatic N) is 1. The predicted octanol–water partition coefficient (Wildman–Crippen LogP) is -6.18. The van der Waals surface area contributed by atoms with Gasteiger partial charge in [0.1, 0.15) is 103 Å². The molecule has 0 bridgehead atoms. The zero-order valence-corrected chi connectivity index (χ0v) is 51.1. The molecule has 16 N–H and O–H groups in total. The highest BCUT2D eigenvalue weighted by Gasteiger charge is 2.53. The average molecular weight is 1230 g/mol. The van der Waals surface area contributed by atoms with E-state index in [0.29, 0.717) is 6.42 Å². The molecule has 10 amide bonds. The monoisotopic (exact) mass is 1230 g/mol. The molecule has 0 aromatic carbocycles. The van der Waals surface area contributed by atoms with Gasteiger partial charge in [-0.2, -0.15) is 0 Å². The minimum absolute atomic E-state index is 0.0486. The van der Waals surface area contributed by atoms with E-state index in [9.17, 15) is 88.5 Å². The van der Waals surface area contributed by atoms with Gasteiger partial charge in [0.2, 0.25) is 59.1 Å². The van der Waals surface area contributed by atoms with Gasteiger partial charge < -0.3 is 107 Å². The van der Waals surface area contributed by atoms with Gasteiger partial charge in [-0.05, 0) is 64.2 Å². The Hall–Kier alpha value is -6.23. The van der Waals surface area contributed by atoms with Crippen LogP contribution in [0.2, 0.25) is 0 Å². The second-order valence-electron chi connectivity index (χ2n) is 23.4. The lowest BCUT2D eigenvalue weighted by Crippen LogP contribution is -2.69. The summed E-state index contributed by atoms with van der Waals surface area (Å²) in [5.41, 5.74) is 0. The number of likely N-dealkylation sites (tertiary alicyclic amines) is 1. The zero-order chi connectivity index (χ0) is 65.5. The van der Waals surface area contributed by atoms with Crippen LogP contribution < -0.4 is 47.9 Å². The van der Waals surface area contributed by atoms with Gasteiger partial charge in [-0.1, -0.05) is 55.4 Å². The van der Waals surface area contributed by atoms with Crippen LogP contribution in [0.5, 0.6) is 0 Å². The highest BCUT2D eigenvalue weighted by atomic mass is 16.7. The summed E-state index contributed by atoms with van der Waals surface area (Å²) < 4.78 is 23.3. The van der Waals surface area contributed by atoms with E-state index in [-0.39, 0.29) is 13.0 Å². The summed E-state index contributed by atoms with van der Waals surface area (Å²) in [4.78, 5) is 148. The number of aliphatic hydroxyl groups excluding tert-OH is 6. The highest BCUT2D eigenvalue weighted by Crippen LogP contribution is 2.31. The second-order valence-corrected chi connectivity index (χ2v) is 23.4. The first-order valence-electron chi connectivity index (χ1n) is 28.8. The van der Waals surface area contributed by atoms with Crippen molar-refractivity contribution in [3.63, 3.8) is 0 Å². The SMILES string of the molecule is CC(=O)N[C@H]1[C@@H](O[C@H](C)[C@H](NC(C)=O)C(=O)N[C@H](C(=O)N2CCC[C@H]2C(=O)N[C@@H](C)C(=O)N[C@@H](C)C(=O)N[C@H](C(=O)N[C@H](C(=O)N[C@H](C(=O)N[C@@H](C)C(=O)O)C(C)C)C(C)C)C(C)C)C(C)C)O[C@H](CO)[C@H](O)[C@@H]1O[C@@H]1O[C@H](CO)[C@H](O)[C@H](O)[C@H]1O. The van der Waals surface area contributed by atoms with Crippen LogP contribution in [0.25, 0.3) is 0 Å². The van der Waals surface area contributed by atoms with Crippen LogP contribution in [0.15, 0.2) is 0 Å². The lowest BCUT2D eigenvalue weighted by Gasteiger charge is -2.48. The first kappa shape index (κ1) is 74.0. The Kier molecular flexibility index (Phi) is 28.6. The van der Waals surface area contributed by atoms with Crippen molar-refractivity contribution in [1.82, 2.24) is 52.8 Å². The molecule has 3 aliphatic rings. The molecule has 0 spiro atoms. The van der Waals surface area contributed by atoms with Crippen LogP contribution in [-0.4, -0.2) is 247 Å². The number of carbonyl (C=O) groups is 11. The maximum absolute atomic E-state index is 14.4. The molecular weight excluding hydrogens is 1140 g/mol. The Morgan fingerprint density at radius 1 is 0.500 bits per heavy atom. The molecule has 3 rings (SSSR count). The molecule has 0 aromatic heterocycles. The predicted molar refractivity (Wildman–Crippen MR) is 298 cm³/mol. The molecule has 86 heavy (non-hydrogen) atoms. The third-order valence-electron chi connectivity index (χ3n) is 14.9. The Labute approximate surface area is 499 Å². The lowest BCUT2D eigenvalue weighted by molar-refractivity contribution is -0.347. The topological polar surface area (TPSA) is 478 Å². The molecule has 0 saturated carbocycles. The smallest absolute Gasteiger partial charge is 0.325 e. The molecule has 32 heteroatoms. The van der Waals surface area contributed by atoms with Crippen LogP contribution in [-0.2, 0) is 71.7 Å². The van der Waals surface area contributed by atoms with Crippen molar-refractivity contribution in [2.75, 3.05) is 19.8 Å². The number of nitrogens with one attached hydrogen (secondary N) is 9. The molecule has 490 valence electrons. The fourth-order valence-corrected chi connectivity index (χ4v) is 9.73. The third-order valence-corrected chi connectivity index (χ3v) is 14.9. The Bertz CT molecular complexity index is 2380. The fraction of sp³-hybridized carbons (Fsp3) is 0.796. The number of aliphatic hydroxyl groups is 6. The first-order valence-corrected chi connectivity index (χ1v) is 28.8. The van der Waals surface area contributed by atoms with Gasteiger partial charge in [0.15, 0.2) is 12.6 Å². The average Bonchev–Trinajstić information content (AvgIpc) is 1.35. The van der Waals surface area contributed by atoms with Gasteiger partial charge in [-0.3, -0.25) is 52.7 Å². The van der Waals surface area contributed by atoms with Crippen molar-refractivity contribution >= 4 is 65.0 Å². The van der Waals surface area contributed by atoms with Crippen molar-refractivity contribution in [3.8, 4) is 0 Å². The van der Waals surface area contributed by atoms with Crippen molar-refractivity contribution in [2.45, 2.75) is 232 Å². The summed E-state index contributed by atoms with van der Waals surface area (Å²) in [6, 6.07) is -13.1. The number of ether oxygens (including phenoxy) is 4. The number of rotatable bonds is 29. The summed E-state index contributed by atoms with van der Waals surface area (Å²) in [5, 5.41) is 94.7. The van der Waals surface area contributed by atoms with E-state index >= 15 is 0 Å². The third kappa shape index (κ3) is 19.9. The van der Waals surface area contributed by atoms with E-state index in [0.717, 1.165) is 13.8 Å². The molecule has 3 saturated heterocycles. The van der Waals surface area contributed by atoms with E-state index < -0.39 is 224 Å².